The Morgan fingerprint density at radius 1 is 1.38 bits per heavy atom. The van der Waals surface area contributed by atoms with E-state index in [4.69, 9.17) is 4.74 Å². The number of fused-ring (bicyclic) bond motifs is 2. The summed E-state index contributed by atoms with van der Waals surface area (Å²) in [5.41, 5.74) is 0. The number of Topliss-reactive ketones (excluding diaryl/α,β-unsaturated/α-hetero) is 1. The standard InChI is InChI=1S/C13H16O3/c1-2-5-16-13(15)8-12(14)11-7-9-3-4-10(11)6-9/h2-4,9-11H,1,5-8H2. The van der Waals surface area contributed by atoms with E-state index in [1.807, 2.05) is 0 Å². The van der Waals surface area contributed by atoms with Crippen molar-refractivity contribution in [1.29, 1.82) is 0 Å². The quantitative estimate of drug-likeness (QED) is 0.403. The summed E-state index contributed by atoms with van der Waals surface area (Å²) in [4.78, 5) is 23.1. The van der Waals surface area contributed by atoms with Crippen molar-refractivity contribution in [2.45, 2.75) is 19.3 Å². The molecule has 1 fully saturated rings. The van der Waals surface area contributed by atoms with Crippen molar-refractivity contribution in [3.63, 3.8) is 0 Å². The number of hydrogen-bond acceptors (Lipinski definition) is 3. The van der Waals surface area contributed by atoms with Crippen molar-refractivity contribution < 1.29 is 14.3 Å². The van der Waals surface area contributed by atoms with Gasteiger partial charge in [0.15, 0.2) is 0 Å². The molecule has 0 heterocycles. The first-order valence-corrected chi connectivity index (χ1v) is 5.68. The van der Waals surface area contributed by atoms with E-state index in [0.717, 1.165) is 12.8 Å². The van der Waals surface area contributed by atoms with Crippen molar-refractivity contribution in [2.24, 2.45) is 17.8 Å². The van der Waals surface area contributed by atoms with E-state index in [9.17, 15) is 9.59 Å². The van der Waals surface area contributed by atoms with Crippen LogP contribution >= 0.6 is 0 Å². The molecule has 2 rings (SSSR count). The van der Waals surface area contributed by atoms with Crippen molar-refractivity contribution in [3.05, 3.63) is 24.8 Å². The Balaban J connectivity index is 1.82. The maximum atomic E-state index is 11.8. The Hall–Kier alpha value is -1.38. The molecular formula is C13H16O3. The molecule has 0 aromatic heterocycles. The fourth-order valence-electron chi connectivity index (χ4n) is 2.63. The lowest BCUT2D eigenvalue weighted by Crippen LogP contribution is -2.22. The molecule has 2 aliphatic carbocycles. The topological polar surface area (TPSA) is 43.4 Å². The van der Waals surface area contributed by atoms with Crippen molar-refractivity contribution in [1.82, 2.24) is 0 Å². The normalized spacial score (nSPS) is 30.4. The zero-order valence-corrected chi connectivity index (χ0v) is 9.22. The average molecular weight is 220 g/mol. The molecule has 0 N–H and O–H groups in total. The molecule has 0 amide bonds. The van der Waals surface area contributed by atoms with E-state index >= 15 is 0 Å². The predicted octanol–water partition coefficient (Wildman–Crippen LogP) is 1.89. The molecule has 3 nitrogen and oxygen atoms in total. The first kappa shape index (κ1) is 11.1. The van der Waals surface area contributed by atoms with Gasteiger partial charge >= 0.3 is 5.97 Å². The summed E-state index contributed by atoms with van der Waals surface area (Å²) >= 11 is 0. The van der Waals surface area contributed by atoms with Crippen LogP contribution in [0.3, 0.4) is 0 Å². The molecule has 16 heavy (non-hydrogen) atoms. The highest BCUT2D eigenvalue weighted by Gasteiger charge is 2.39. The van der Waals surface area contributed by atoms with Crippen molar-refractivity contribution >= 4 is 11.8 Å². The Labute approximate surface area is 95.2 Å². The van der Waals surface area contributed by atoms with Gasteiger partial charge in [-0.2, -0.15) is 0 Å². The van der Waals surface area contributed by atoms with Crippen LogP contribution in [0.25, 0.3) is 0 Å². The maximum Gasteiger partial charge on any atom is 0.313 e. The summed E-state index contributed by atoms with van der Waals surface area (Å²) in [6, 6.07) is 0. The summed E-state index contributed by atoms with van der Waals surface area (Å²) in [5, 5.41) is 0. The summed E-state index contributed by atoms with van der Waals surface area (Å²) in [6.07, 6.45) is 7.71. The fourth-order valence-corrected chi connectivity index (χ4v) is 2.63. The van der Waals surface area contributed by atoms with Crippen LogP contribution in [0.5, 0.6) is 0 Å². The van der Waals surface area contributed by atoms with E-state index in [-0.39, 0.29) is 24.7 Å². The van der Waals surface area contributed by atoms with Gasteiger partial charge in [0.2, 0.25) is 0 Å². The molecule has 1 saturated carbocycles. The maximum absolute atomic E-state index is 11.8. The number of carbonyl (C=O) groups excluding carboxylic acids is 2. The van der Waals surface area contributed by atoms with Crippen LogP contribution in [0.4, 0.5) is 0 Å². The number of hydrogen-bond donors (Lipinski definition) is 0. The van der Waals surface area contributed by atoms with Crippen LogP contribution in [0.2, 0.25) is 0 Å². The second-order valence-corrected chi connectivity index (χ2v) is 4.50. The number of esters is 1. The van der Waals surface area contributed by atoms with Gasteiger partial charge in [-0.05, 0) is 24.7 Å². The minimum absolute atomic E-state index is 0.0333. The van der Waals surface area contributed by atoms with Crippen LogP contribution < -0.4 is 0 Å². The van der Waals surface area contributed by atoms with E-state index in [2.05, 4.69) is 18.7 Å². The molecule has 0 spiro atoms. The number of ether oxygens (including phenoxy) is 1. The van der Waals surface area contributed by atoms with Crippen molar-refractivity contribution in [3.8, 4) is 0 Å². The van der Waals surface area contributed by atoms with Crippen LogP contribution in [-0.4, -0.2) is 18.4 Å². The SMILES string of the molecule is C=CCOC(=O)CC(=O)C1CC2C=CC1C2. The highest BCUT2D eigenvalue weighted by Crippen LogP contribution is 2.44. The summed E-state index contributed by atoms with van der Waals surface area (Å²) in [7, 11) is 0. The molecule has 0 aromatic carbocycles. The van der Waals surface area contributed by atoms with Gasteiger partial charge in [0, 0.05) is 5.92 Å². The van der Waals surface area contributed by atoms with Crippen LogP contribution in [0.15, 0.2) is 24.8 Å². The van der Waals surface area contributed by atoms with Crippen molar-refractivity contribution in [2.75, 3.05) is 6.61 Å². The molecule has 0 aromatic rings. The lowest BCUT2D eigenvalue weighted by molar-refractivity contribution is -0.145. The second-order valence-electron chi connectivity index (χ2n) is 4.50. The van der Waals surface area contributed by atoms with Crippen LogP contribution in [0, 0.1) is 17.8 Å². The fraction of sp³-hybridized carbons (Fsp3) is 0.538. The molecule has 86 valence electrons. The van der Waals surface area contributed by atoms with Gasteiger partial charge in [0.25, 0.3) is 0 Å². The summed E-state index contributed by atoms with van der Waals surface area (Å²) in [6.45, 7) is 3.63. The van der Waals surface area contributed by atoms with Gasteiger partial charge in [0.05, 0.1) is 0 Å². The van der Waals surface area contributed by atoms with Crippen LogP contribution in [0.1, 0.15) is 19.3 Å². The lowest BCUT2D eigenvalue weighted by atomic mass is 9.88. The third kappa shape index (κ3) is 2.23. The van der Waals surface area contributed by atoms with Gasteiger partial charge in [0.1, 0.15) is 18.8 Å². The smallest absolute Gasteiger partial charge is 0.313 e. The molecule has 3 unspecified atom stereocenters. The Bertz CT molecular complexity index is 343. The molecular weight excluding hydrogens is 204 g/mol. The number of ketones is 1. The van der Waals surface area contributed by atoms with E-state index < -0.39 is 5.97 Å². The zero-order chi connectivity index (χ0) is 11.5. The highest BCUT2D eigenvalue weighted by molar-refractivity contribution is 5.97. The molecule has 2 aliphatic rings. The minimum atomic E-state index is -0.434. The largest absolute Gasteiger partial charge is 0.461 e. The molecule has 0 aliphatic heterocycles. The lowest BCUT2D eigenvalue weighted by Gasteiger charge is -2.15. The third-order valence-corrected chi connectivity index (χ3v) is 3.37. The minimum Gasteiger partial charge on any atom is -0.461 e. The van der Waals surface area contributed by atoms with Gasteiger partial charge in [-0.1, -0.05) is 24.8 Å². The van der Waals surface area contributed by atoms with E-state index in [0.29, 0.717) is 11.8 Å². The van der Waals surface area contributed by atoms with Gasteiger partial charge in [-0.15, -0.1) is 0 Å². The first-order chi connectivity index (χ1) is 7.70. The number of allylic oxidation sites excluding steroid dienone is 2. The first-order valence-electron chi connectivity index (χ1n) is 5.68. The van der Waals surface area contributed by atoms with Gasteiger partial charge in [-0.25, -0.2) is 0 Å². The Morgan fingerprint density at radius 2 is 2.19 bits per heavy atom. The zero-order valence-electron chi connectivity index (χ0n) is 9.22. The number of carbonyl (C=O) groups is 2. The second kappa shape index (κ2) is 4.64. The summed E-state index contributed by atoms with van der Waals surface area (Å²) in [5.74, 6) is 0.571. The Morgan fingerprint density at radius 3 is 2.75 bits per heavy atom. The van der Waals surface area contributed by atoms with Gasteiger partial charge < -0.3 is 4.74 Å². The molecule has 3 atom stereocenters. The average Bonchev–Trinajstić information content (AvgIpc) is 2.87. The monoisotopic (exact) mass is 220 g/mol. The van der Waals surface area contributed by atoms with E-state index in [1.54, 1.807) is 0 Å². The number of rotatable bonds is 5. The predicted molar refractivity (Wildman–Crippen MR) is 59.6 cm³/mol. The highest BCUT2D eigenvalue weighted by atomic mass is 16.5. The van der Waals surface area contributed by atoms with E-state index in [1.165, 1.54) is 6.08 Å². The summed E-state index contributed by atoms with van der Waals surface area (Å²) < 4.78 is 4.81. The van der Waals surface area contributed by atoms with Crippen LogP contribution in [-0.2, 0) is 14.3 Å². The molecule has 0 saturated heterocycles. The third-order valence-electron chi connectivity index (χ3n) is 3.37. The molecule has 3 heteroatoms. The molecule has 0 radical (unpaired) electrons. The Kier molecular flexibility index (Phi) is 3.22. The van der Waals surface area contributed by atoms with Gasteiger partial charge in [-0.3, -0.25) is 9.59 Å². The molecule has 2 bridgehead atoms.